The van der Waals surface area contributed by atoms with Crippen molar-refractivity contribution in [2.24, 2.45) is 0 Å². The van der Waals surface area contributed by atoms with E-state index in [4.69, 9.17) is 11.6 Å². The number of amides is 1. The van der Waals surface area contributed by atoms with Gasteiger partial charge in [0.05, 0.1) is 16.3 Å². The first-order valence-electron chi connectivity index (χ1n) is 9.35. The number of thioether (sulfide) groups is 1. The fraction of sp³-hybridized carbons (Fsp3) is 0.190. The van der Waals surface area contributed by atoms with Gasteiger partial charge in [-0.25, -0.2) is 9.37 Å². The van der Waals surface area contributed by atoms with E-state index in [1.165, 1.54) is 40.1 Å². The van der Waals surface area contributed by atoms with E-state index in [1.807, 2.05) is 29.0 Å². The molecular formula is C21H17ClFN3O2S3. The molecule has 4 aromatic rings. The number of nitrogens with zero attached hydrogens (tertiary/aromatic N) is 2. The Balaban J connectivity index is 1.45. The van der Waals surface area contributed by atoms with E-state index in [1.54, 1.807) is 22.0 Å². The Labute approximate surface area is 194 Å². The third-order valence-corrected chi connectivity index (χ3v) is 7.59. The zero-order valence-corrected chi connectivity index (χ0v) is 19.3. The molecule has 0 atom stereocenters. The number of hydrogen-bond donors (Lipinski definition) is 1. The summed E-state index contributed by atoms with van der Waals surface area (Å²) in [5.74, 6) is -0.603. The number of rotatable bonds is 8. The lowest BCUT2D eigenvalue weighted by Crippen LogP contribution is -2.27. The van der Waals surface area contributed by atoms with Crippen molar-refractivity contribution in [1.82, 2.24) is 14.9 Å². The number of aromatic nitrogens is 2. The fourth-order valence-electron chi connectivity index (χ4n) is 2.94. The molecule has 160 valence electrons. The fourth-order valence-corrected chi connectivity index (χ4v) is 5.47. The number of hydrogen-bond acceptors (Lipinski definition) is 6. The average Bonchev–Trinajstić information content (AvgIpc) is 3.44. The minimum absolute atomic E-state index is 0.0177. The highest BCUT2D eigenvalue weighted by molar-refractivity contribution is 7.99. The number of aryl methyl sites for hydroxylation is 1. The first-order chi connectivity index (χ1) is 15.0. The van der Waals surface area contributed by atoms with Crippen molar-refractivity contribution in [2.45, 2.75) is 24.7 Å². The minimum atomic E-state index is -0.497. The van der Waals surface area contributed by atoms with Crippen LogP contribution >= 0.6 is 46.0 Å². The smallest absolute Gasteiger partial charge is 0.272 e. The SMILES string of the molecule is O=C(CSc1nc2ccsc2c(=O)n1CCc1cccs1)NCc1ccc(F)c(Cl)c1. The van der Waals surface area contributed by atoms with E-state index in [0.717, 1.165) is 6.42 Å². The van der Waals surface area contributed by atoms with Crippen molar-refractivity contribution >= 4 is 62.2 Å². The summed E-state index contributed by atoms with van der Waals surface area (Å²) in [6.07, 6.45) is 0.723. The van der Waals surface area contributed by atoms with Gasteiger partial charge in [0.2, 0.25) is 5.91 Å². The van der Waals surface area contributed by atoms with Crippen LogP contribution in [0.15, 0.2) is 57.1 Å². The molecule has 4 rings (SSSR count). The normalized spacial score (nSPS) is 11.2. The van der Waals surface area contributed by atoms with Gasteiger partial charge in [0.15, 0.2) is 5.16 Å². The largest absolute Gasteiger partial charge is 0.351 e. The van der Waals surface area contributed by atoms with Crippen LogP contribution in [0, 0.1) is 5.82 Å². The Bertz CT molecular complexity index is 1270. The van der Waals surface area contributed by atoms with E-state index in [9.17, 15) is 14.0 Å². The van der Waals surface area contributed by atoms with E-state index in [-0.39, 0.29) is 28.8 Å². The molecule has 0 fully saturated rings. The van der Waals surface area contributed by atoms with Crippen LogP contribution in [0.3, 0.4) is 0 Å². The molecule has 1 aromatic carbocycles. The van der Waals surface area contributed by atoms with Gasteiger partial charge in [-0.15, -0.1) is 22.7 Å². The van der Waals surface area contributed by atoms with E-state index in [2.05, 4.69) is 10.3 Å². The highest BCUT2D eigenvalue weighted by atomic mass is 35.5. The van der Waals surface area contributed by atoms with Gasteiger partial charge in [-0.1, -0.05) is 35.5 Å². The number of thiophene rings is 2. The van der Waals surface area contributed by atoms with Crippen molar-refractivity contribution in [3.05, 3.63) is 78.8 Å². The molecule has 0 saturated heterocycles. The second-order valence-electron chi connectivity index (χ2n) is 6.63. The highest BCUT2D eigenvalue weighted by Crippen LogP contribution is 2.22. The van der Waals surface area contributed by atoms with Crippen LogP contribution in [0.25, 0.3) is 10.2 Å². The molecule has 0 radical (unpaired) electrons. The summed E-state index contributed by atoms with van der Waals surface area (Å²) in [6.45, 7) is 0.736. The van der Waals surface area contributed by atoms with Crippen LogP contribution in [0.5, 0.6) is 0 Å². The number of carbonyl (C=O) groups is 1. The van der Waals surface area contributed by atoms with Gasteiger partial charge in [0, 0.05) is 18.0 Å². The van der Waals surface area contributed by atoms with E-state index >= 15 is 0 Å². The summed E-state index contributed by atoms with van der Waals surface area (Å²) in [5, 5.41) is 7.17. The standard InChI is InChI=1S/C21H17ClFN3O2S3/c22-15-10-13(3-4-16(15)23)11-24-18(27)12-31-21-25-17-6-9-30-19(17)20(28)26(21)7-5-14-2-1-8-29-14/h1-4,6,8-10H,5,7,11-12H2,(H,24,27). The highest BCUT2D eigenvalue weighted by Gasteiger charge is 2.14. The Morgan fingerprint density at radius 1 is 1.23 bits per heavy atom. The summed E-state index contributed by atoms with van der Waals surface area (Å²) >= 11 is 10.0. The quantitative estimate of drug-likeness (QED) is 0.278. The molecule has 1 N–H and O–H groups in total. The van der Waals surface area contributed by atoms with Crippen LogP contribution < -0.4 is 10.9 Å². The maximum atomic E-state index is 13.3. The molecule has 0 bridgehead atoms. The number of nitrogens with one attached hydrogen (secondary N) is 1. The van der Waals surface area contributed by atoms with Crippen LogP contribution in [0.1, 0.15) is 10.4 Å². The third kappa shape index (κ3) is 5.35. The second kappa shape index (κ2) is 9.95. The molecule has 0 spiro atoms. The van der Waals surface area contributed by atoms with Crippen LogP contribution in [-0.2, 0) is 24.3 Å². The van der Waals surface area contributed by atoms with Crippen molar-refractivity contribution in [1.29, 1.82) is 0 Å². The molecule has 5 nitrogen and oxygen atoms in total. The second-order valence-corrected chi connectivity index (χ2v) is 9.93. The maximum absolute atomic E-state index is 13.3. The van der Waals surface area contributed by atoms with Gasteiger partial charge in [-0.05, 0) is 47.0 Å². The number of benzene rings is 1. The van der Waals surface area contributed by atoms with Gasteiger partial charge in [0.25, 0.3) is 5.56 Å². The molecule has 3 aromatic heterocycles. The molecular weight excluding hydrogens is 477 g/mol. The summed E-state index contributed by atoms with van der Waals surface area (Å²) < 4.78 is 15.5. The number of fused-ring (bicyclic) bond motifs is 1. The average molecular weight is 494 g/mol. The Hall–Kier alpha value is -2.20. The molecule has 0 saturated carbocycles. The lowest BCUT2D eigenvalue weighted by Gasteiger charge is -2.12. The Morgan fingerprint density at radius 3 is 2.87 bits per heavy atom. The van der Waals surface area contributed by atoms with Gasteiger partial charge in [-0.2, -0.15) is 0 Å². The van der Waals surface area contributed by atoms with Crippen molar-refractivity contribution in [3.8, 4) is 0 Å². The molecule has 31 heavy (non-hydrogen) atoms. The summed E-state index contributed by atoms with van der Waals surface area (Å²) in [4.78, 5) is 31.1. The van der Waals surface area contributed by atoms with Gasteiger partial charge in [0.1, 0.15) is 10.5 Å². The van der Waals surface area contributed by atoms with Gasteiger partial charge >= 0.3 is 0 Å². The lowest BCUT2D eigenvalue weighted by atomic mass is 10.2. The van der Waals surface area contributed by atoms with Crippen molar-refractivity contribution < 1.29 is 9.18 Å². The van der Waals surface area contributed by atoms with Crippen molar-refractivity contribution in [2.75, 3.05) is 5.75 Å². The Morgan fingerprint density at radius 2 is 2.10 bits per heavy atom. The van der Waals surface area contributed by atoms with Gasteiger partial charge < -0.3 is 5.32 Å². The first-order valence-corrected chi connectivity index (χ1v) is 12.5. The molecule has 10 heteroatoms. The van der Waals surface area contributed by atoms with Crippen LogP contribution in [0.4, 0.5) is 4.39 Å². The summed E-state index contributed by atoms with van der Waals surface area (Å²) in [5.41, 5.74) is 1.27. The van der Waals surface area contributed by atoms with Crippen LogP contribution in [0.2, 0.25) is 5.02 Å². The summed E-state index contributed by atoms with van der Waals surface area (Å²) in [7, 11) is 0. The van der Waals surface area contributed by atoms with E-state index in [0.29, 0.717) is 27.5 Å². The van der Waals surface area contributed by atoms with Gasteiger partial charge in [-0.3, -0.25) is 14.2 Å². The molecule has 0 aliphatic carbocycles. The maximum Gasteiger partial charge on any atom is 0.272 e. The topological polar surface area (TPSA) is 64.0 Å². The number of carbonyl (C=O) groups excluding carboxylic acids is 1. The first kappa shape index (κ1) is 22.0. The third-order valence-electron chi connectivity index (χ3n) is 4.50. The predicted molar refractivity (Wildman–Crippen MR) is 126 cm³/mol. The molecule has 0 aliphatic heterocycles. The summed E-state index contributed by atoms with van der Waals surface area (Å²) in [6, 6.07) is 10.2. The van der Waals surface area contributed by atoms with Crippen LogP contribution in [-0.4, -0.2) is 21.2 Å². The molecule has 3 heterocycles. The number of halogens is 2. The predicted octanol–water partition coefficient (Wildman–Crippen LogP) is 4.96. The monoisotopic (exact) mass is 493 g/mol. The minimum Gasteiger partial charge on any atom is -0.351 e. The molecule has 1 amide bonds. The zero-order valence-electron chi connectivity index (χ0n) is 16.1. The van der Waals surface area contributed by atoms with Crippen molar-refractivity contribution in [3.63, 3.8) is 0 Å². The lowest BCUT2D eigenvalue weighted by molar-refractivity contribution is -0.118. The molecule has 0 unspecified atom stereocenters. The molecule has 0 aliphatic rings. The van der Waals surface area contributed by atoms with E-state index < -0.39 is 5.82 Å². The Kier molecular flexibility index (Phi) is 7.06. The zero-order chi connectivity index (χ0) is 21.8.